The number of ether oxygens (including phenoxy) is 2. The Bertz CT molecular complexity index is 1110. The predicted octanol–water partition coefficient (Wildman–Crippen LogP) is 3.80. The molecule has 1 aliphatic heterocycles. The third kappa shape index (κ3) is 3.96. The maximum absolute atomic E-state index is 13.2. The molecule has 0 bridgehead atoms. The summed E-state index contributed by atoms with van der Waals surface area (Å²) in [5.74, 6) is 0.0995. The lowest BCUT2D eigenvalue weighted by molar-refractivity contribution is -0.141. The van der Waals surface area contributed by atoms with Crippen molar-refractivity contribution in [3.63, 3.8) is 0 Å². The van der Waals surface area contributed by atoms with E-state index in [0.29, 0.717) is 22.6 Å². The number of amides is 2. The van der Waals surface area contributed by atoms with Gasteiger partial charge < -0.3 is 9.47 Å². The van der Waals surface area contributed by atoms with E-state index in [-0.39, 0.29) is 17.7 Å². The van der Waals surface area contributed by atoms with Gasteiger partial charge in [-0.25, -0.2) is 0 Å². The molecule has 1 heterocycles. The highest BCUT2D eigenvalue weighted by Crippen LogP contribution is 2.32. The predicted molar refractivity (Wildman–Crippen MR) is 113 cm³/mol. The van der Waals surface area contributed by atoms with Gasteiger partial charge in [-0.05, 0) is 43.2 Å². The van der Waals surface area contributed by atoms with Crippen LogP contribution in [0.25, 0.3) is 6.08 Å². The Morgan fingerprint density at radius 3 is 2.30 bits per heavy atom. The molecule has 152 valence electrons. The van der Waals surface area contributed by atoms with Gasteiger partial charge in [-0.3, -0.25) is 14.5 Å². The first-order chi connectivity index (χ1) is 14.4. The molecule has 0 radical (unpaired) electrons. The summed E-state index contributed by atoms with van der Waals surface area (Å²) in [6.45, 7) is 3.66. The van der Waals surface area contributed by atoms with Crippen LogP contribution in [0.3, 0.4) is 0 Å². The van der Waals surface area contributed by atoms with Crippen molar-refractivity contribution in [3.8, 4) is 17.6 Å². The lowest BCUT2D eigenvalue weighted by Gasteiger charge is -2.27. The van der Waals surface area contributed by atoms with Gasteiger partial charge in [0.1, 0.15) is 23.1 Å². The normalized spacial score (nSPS) is 15.4. The molecule has 1 aliphatic rings. The van der Waals surface area contributed by atoms with Crippen molar-refractivity contribution in [1.29, 1.82) is 5.26 Å². The van der Waals surface area contributed by atoms with E-state index in [4.69, 9.17) is 9.47 Å². The zero-order valence-electron chi connectivity index (χ0n) is 17.4. The topological polar surface area (TPSA) is 79.6 Å². The number of methoxy groups -OCH3 is 2. The highest BCUT2D eigenvalue weighted by molar-refractivity contribution is 6.19. The Morgan fingerprint density at radius 2 is 1.70 bits per heavy atom. The summed E-state index contributed by atoms with van der Waals surface area (Å²) in [5, 5.41) is 9.56. The number of aryl methyl sites for hydroxylation is 1. The quantitative estimate of drug-likeness (QED) is 0.561. The van der Waals surface area contributed by atoms with Gasteiger partial charge >= 0.3 is 0 Å². The molecule has 0 saturated carbocycles. The standard InChI is InChI=1S/C24H22N2O4/c1-15-5-7-17(8-6-15)14-26-23(27)20(16(2)21(13-25)24(26)28)11-18-9-10-19(29-3)12-22(18)30-4/h5-12H,14H2,1-4H3/b20-11+. The van der Waals surface area contributed by atoms with Gasteiger partial charge in [0.2, 0.25) is 0 Å². The molecular formula is C24H22N2O4. The van der Waals surface area contributed by atoms with Gasteiger partial charge in [-0.15, -0.1) is 0 Å². The molecule has 6 nitrogen and oxygen atoms in total. The number of benzene rings is 2. The van der Waals surface area contributed by atoms with Crippen molar-refractivity contribution in [2.24, 2.45) is 0 Å². The molecule has 0 saturated heterocycles. The number of rotatable bonds is 5. The molecule has 0 fully saturated rings. The minimum Gasteiger partial charge on any atom is -0.497 e. The summed E-state index contributed by atoms with van der Waals surface area (Å²) in [6, 6.07) is 14.7. The monoisotopic (exact) mass is 402 g/mol. The third-order valence-corrected chi connectivity index (χ3v) is 5.03. The maximum Gasteiger partial charge on any atom is 0.271 e. The second-order valence-corrected chi connectivity index (χ2v) is 6.96. The van der Waals surface area contributed by atoms with Gasteiger partial charge in [-0.1, -0.05) is 29.8 Å². The van der Waals surface area contributed by atoms with E-state index in [1.54, 1.807) is 38.3 Å². The largest absolute Gasteiger partial charge is 0.497 e. The van der Waals surface area contributed by atoms with Crippen LogP contribution in [0.2, 0.25) is 0 Å². The van der Waals surface area contributed by atoms with Crippen molar-refractivity contribution in [2.75, 3.05) is 14.2 Å². The number of imide groups is 1. The van der Waals surface area contributed by atoms with E-state index < -0.39 is 11.8 Å². The van der Waals surface area contributed by atoms with Crippen LogP contribution in [0.4, 0.5) is 0 Å². The highest BCUT2D eigenvalue weighted by Gasteiger charge is 2.35. The average Bonchev–Trinajstić information content (AvgIpc) is 2.76. The van der Waals surface area contributed by atoms with Crippen LogP contribution >= 0.6 is 0 Å². The van der Waals surface area contributed by atoms with E-state index in [9.17, 15) is 14.9 Å². The maximum atomic E-state index is 13.2. The SMILES string of the molecule is COc1ccc(/C=C2/C(=O)N(Cc3ccc(C)cc3)C(=O)C(C#N)=C2C)c(OC)c1. The summed E-state index contributed by atoms with van der Waals surface area (Å²) >= 11 is 0. The van der Waals surface area contributed by atoms with Gasteiger partial charge in [-0.2, -0.15) is 5.26 Å². The highest BCUT2D eigenvalue weighted by atomic mass is 16.5. The van der Waals surface area contributed by atoms with Gasteiger partial charge in [0.15, 0.2) is 0 Å². The van der Waals surface area contributed by atoms with E-state index >= 15 is 0 Å². The van der Waals surface area contributed by atoms with Crippen molar-refractivity contribution < 1.29 is 19.1 Å². The fraction of sp³-hybridized carbons (Fsp3) is 0.208. The summed E-state index contributed by atoms with van der Waals surface area (Å²) in [4.78, 5) is 27.2. The van der Waals surface area contributed by atoms with Gasteiger partial charge in [0.05, 0.1) is 20.8 Å². The minimum absolute atomic E-state index is 0.0413. The molecule has 30 heavy (non-hydrogen) atoms. The zero-order valence-corrected chi connectivity index (χ0v) is 17.4. The second-order valence-electron chi connectivity index (χ2n) is 6.96. The summed E-state index contributed by atoms with van der Waals surface area (Å²) < 4.78 is 10.6. The van der Waals surface area contributed by atoms with E-state index in [0.717, 1.165) is 16.0 Å². The van der Waals surface area contributed by atoms with E-state index in [2.05, 4.69) is 0 Å². The molecule has 2 aromatic carbocycles. The first-order valence-electron chi connectivity index (χ1n) is 9.36. The fourth-order valence-electron chi connectivity index (χ4n) is 3.24. The first kappa shape index (κ1) is 20.9. The fourth-order valence-corrected chi connectivity index (χ4v) is 3.24. The van der Waals surface area contributed by atoms with Crippen LogP contribution in [0.5, 0.6) is 11.5 Å². The van der Waals surface area contributed by atoms with E-state index in [1.807, 2.05) is 37.3 Å². The van der Waals surface area contributed by atoms with Crippen LogP contribution in [0.1, 0.15) is 23.6 Å². The number of hydrogen-bond acceptors (Lipinski definition) is 5. The molecule has 0 atom stereocenters. The lowest BCUT2D eigenvalue weighted by Crippen LogP contribution is -2.42. The van der Waals surface area contributed by atoms with Crippen LogP contribution in [-0.2, 0) is 16.1 Å². The smallest absolute Gasteiger partial charge is 0.271 e. The molecule has 0 aromatic heterocycles. The van der Waals surface area contributed by atoms with Crippen LogP contribution in [-0.4, -0.2) is 30.9 Å². The van der Waals surface area contributed by atoms with Crippen molar-refractivity contribution in [2.45, 2.75) is 20.4 Å². The number of nitriles is 1. The molecule has 3 rings (SSSR count). The van der Waals surface area contributed by atoms with Crippen molar-refractivity contribution in [3.05, 3.63) is 75.9 Å². The second kappa shape index (κ2) is 8.66. The Hall–Kier alpha value is -3.85. The Labute approximate surface area is 175 Å². The molecule has 0 N–H and O–H groups in total. The number of carbonyl (C=O) groups is 2. The average molecular weight is 402 g/mol. The first-order valence-corrected chi connectivity index (χ1v) is 9.36. The summed E-state index contributed by atoms with van der Waals surface area (Å²) in [6.07, 6.45) is 1.64. The third-order valence-electron chi connectivity index (χ3n) is 5.03. The molecular weight excluding hydrogens is 380 g/mol. The van der Waals surface area contributed by atoms with Crippen LogP contribution in [0, 0.1) is 18.3 Å². The number of carbonyl (C=O) groups excluding carboxylic acids is 2. The summed E-state index contributed by atoms with van der Waals surface area (Å²) in [7, 11) is 3.08. The van der Waals surface area contributed by atoms with Gasteiger partial charge in [0.25, 0.3) is 11.8 Å². The van der Waals surface area contributed by atoms with Gasteiger partial charge in [0, 0.05) is 17.2 Å². The molecule has 0 unspecified atom stereocenters. The Morgan fingerprint density at radius 1 is 1.00 bits per heavy atom. The molecule has 2 amide bonds. The molecule has 0 aliphatic carbocycles. The van der Waals surface area contributed by atoms with Crippen LogP contribution < -0.4 is 9.47 Å². The Balaban J connectivity index is 2.07. The lowest BCUT2D eigenvalue weighted by atomic mass is 9.93. The van der Waals surface area contributed by atoms with E-state index in [1.165, 1.54) is 7.11 Å². The Kier molecular flexibility index (Phi) is 6.03. The molecule has 0 spiro atoms. The number of hydrogen-bond donors (Lipinski definition) is 0. The summed E-state index contributed by atoms with van der Waals surface area (Å²) in [5.41, 5.74) is 3.12. The molecule has 2 aromatic rings. The van der Waals surface area contributed by atoms with Crippen LogP contribution in [0.15, 0.2) is 59.2 Å². The minimum atomic E-state index is -0.584. The zero-order chi connectivity index (χ0) is 21.8. The molecule has 6 heteroatoms. The van der Waals surface area contributed by atoms with Crippen molar-refractivity contribution in [1.82, 2.24) is 4.90 Å². The van der Waals surface area contributed by atoms with Crippen molar-refractivity contribution >= 4 is 17.9 Å². The number of nitrogens with zero attached hydrogens (tertiary/aromatic N) is 2.